The SMILES string of the molecule is COC(=O)c1ccc(NC(=O)C2(N)CCOCC2)cc1Cl. The zero-order chi connectivity index (χ0) is 15.5. The van der Waals surface area contributed by atoms with Crippen LogP contribution in [0, 0.1) is 0 Å². The van der Waals surface area contributed by atoms with E-state index >= 15 is 0 Å². The molecule has 1 aliphatic heterocycles. The van der Waals surface area contributed by atoms with Gasteiger partial charge in [0.1, 0.15) is 5.54 Å². The van der Waals surface area contributed by atoms with Gasteiger partial charge in [-0.05, 0) is 31.0 Å². The van der Waals surface area contributed by atoms with Gasteiger partial charge in [0.25, 0.3) is 0 Å². The van der Waals surface area contributed by atoms with Gasteiger partial charge in [0.05, 0.1) is 17.7 Å². The van der Waals surface area contributed by atoms with Gasteiger partial charge in [-0.1, -0.05) is 11.6 Å². The predicted octanol–water partition coefficient (Wildman–Crippen LogP) is 1.57. The van der Waals surface area contributed by atoms with Gasteiger partial charge in [0.2, 0.25) is 5.91 Å². The summed E-state index contributed by atoms with van der Waals surface area (Å²) < 4.78 is 9.81. The van der Waals surface area contributed by atoms with Crippen LogP contribution in [-0.2, 0) is 14.3 Å². The Hall–Kier alpha value is -1.63. The van der Waals surface area contributed by atoms with Crippen LogP contribution in [0.25, 0.3) is 0 Å². The van der Waals surface area contributed by atoms with Crippen molar-refractivity contribution in [2.75, 3.05) is 25.6 Å². The number of nitrogens with two attached hydrogens (primary N) is 1. The van der Waals surface area contributed by atoms with Crippen molar-refractivity contribution in [3.63, 3.8) is 0 Å². The van der Waals surface area contributed by atoms with E-state index in [0.29, 0.717) is 31.7 Å². The van der Waals surface area contributed by atoms with Crippen molar-refractivity contribution in [2.45, 2.75) is 18.4 Å². The standard InChI is InChI=1S/C14H17ClN2O4/c1-20-12(18)10-3-2-9(8-11(10)15)17-13(19)14(16)4-6-21-7-5-14/h2-3,8H,4-7,16H2,1H3,(H,17,19). The maximum Gasteiger partial charge on any atom is 0.339 e. The fourth-order valence-electron chi connectivity index (χ4n) is 2.09. The molecular formula is C14H17ClN2O4. The van der Waals surface area contributed by atoms with Gasteiger partial charge >= 0.3 is 5.97 Å². The van der Waals surface area contributed by atoms with E-state index in [4.69, 9.17) is 22.1 Å². The van der Waals surface area contributed by atoms with Gasteiger partial charge in [-0.25, -0.2) is 4.79 Å². The van der Waals surface area contributed by atoms with Crippen LogP contribution in [0.4, 0.5) is 5.69 Å². The normalized spacial score (nSPS) is 17.1. The maximum absolute atomic E-state index is 12.2. The lowest BCUT2D eigenvalue weighted by molar-refractivity contribution is -0.124. The molecule has 1 amide bonds. The van der Waals surface area contributed by atoms with Crippen LogP contribution >= 0.6 is 11.6 Å². The molecule has 1 saturated heterocycles. The highest BCUT2D eigenvalue weighted by atomic mass is 35.5. The Kier molecular flexibility index (Phi) is 4.82. The predicted molar refractivity (Wildman–Crippen MR) is 78.4 cm³/mol. The van der Waals surface area contributed by atoms with Gasteiger partial charge in [-0.2, -0.15) is 0 Å². The molecule has 2 rings (SSSR count). The Morgan fingerprint density at radius 1 is 1.38 bits per heavy atom. The van der Waals surface area contributed by atoms with Crippen LogP contribution in [0.3, 0.4) is 0 Å². The molecule has 0 saturated carbocycles. The van der Waals surface area contributed by atoms with Crippen LogP contribution in [0.15, 0.2) is 18.2 Å². The molecule has 0 atom stereocenters. The number of nitrogens with one attached hydrogen (secondary N) is 1. The fourth-order valence-corrected chi connectivity index (χ4v) is 2.34. The van der Waals surface area contributed by atoms with Gasteiger partial charge in [-0.15, -0.1) is 0 Å². The van der Waals surface area contributed by atoms with E-state index in [2.05, 4.69) is 10.1 Å². The number of amides is 1. The molecule has 0 aromatic heterocycles. The van der Waals surface area contributed by atoms with E-state index < -0.39 is 11.5 Å². The summed E-state index contributed by atoms with van der Waals surface area (Å²) in [6, 6.07) is 4.57. The Morgan fingerprint density at radius 2 is 2.05 bits per heavy atom. The number of ether oxygens (including phenoxy) is 2. The molecule has 21 heavy (non-hydrogen) atoms. The molecule has 0 bridgehead atoms. The lowest BCUT2D eigenvalue weighted by Gasteiger charge is -2.31. The van der Waals surface area contributed by atoms with Crippen molar-refractivity contribution in [3.8, 4) is 0 Å². The van der Waals surface area contributed by atoms with Crippen LogP contribution < -0.4 is 11.1 Å². The number of anilines is 1. The summed E-state index contributed by atoms with van der Waals surface area (Å²) in [7, 11) is 1.28. The topological polar surface area (TPSA) is 90.7 Å². The number of halogens is 1. The van der Waals surface area contributed by atoms with E-state index in [1.807, 2.05) is 0 Å². The summed E-state index contributed by atoms with van der Waals surface area (Å²) in [4.78, 5) is 23.7. The van der Waals surface area contributed by atoms with Crippen LogP contribution in [0.2, 0.25) is 5.02 Å². The Balaban J connectivity index is 2.11. The van der Waals surface area contributed by atoms with Gasteiger partial charge in [0.15, 0.2) is 0 Å². The van der Waals surface area contributed by atoms with Crippen molar-refractivity contribution >= 4 is 29.2 Å². The molecule has 1 heterocycles. The third-order valence-corrected chi connectivity index (χ3v) is 3.78. The highest BCUT2D eigenvalue weighted by Crippen LogP contribution is 2.24. The number of benzene rings is 1. The zero-order valence-electron chi connectivity index (χ0n) is 11.6. The van der Waals surface area contributed by atoms with E-state index in [9.17, 15) is 9.59 Å². The Morgan fingerprint density at radius 3 is 2.62 bits per heavy atom. The van der Waals surface area contributed by atoms with Crippen molar-refractivity contribution in [2.24, 2.45) is 5.73 Å². The average molecular weight is 313 g/mol. The van der Waals surface area contributed by atoms with E-state index in [-0.39, 0.29) is 16.5 Å². The highest BCUT2D eigenvalue weighted by Gasteiger charge is 2.35. The maximum atomic E-state index is 12.2. The summed E-state index contributed by atoms with van der Waals surface area (Å²) in [6.07, 6.45) is 0.930. The first-order valence-corrected chi connectivity index (χ1v) is 6.90. The third kappa shape index (κ3) is 3.53. The summed E-state index contributed by atoms with van der Waals surface area (Å²) in [5.41, 5.74) is 5.87. The van der Waals surface area contributed by atoms with Crippen LogP contribution in [0.5, 0.6) is 0 Å². The minimum Gasteiger partial charge on any atom is -0.465 e. The second kappa shape index (κ2) is 6.43. The first-order chi connectivity index (χ1) is 9.96. The minimum atomic E-state index is -0.939. The van der Waals surface area contributed by atoms with E-state index in [1.165, 1.54) is 19.2 Å². The second-order valence-electron chi connectivity index (χ2n) is 4.91. The molecular weight excluding hydrogens is 296 g/mol. The Labute approximate surface area is 127 Å². The number of esters is 1. The first kappa shape index (κ1) is 15.8. The number of rotatable bonds is 3. The summed E-state index contributed by atoms with van der Waals surface area (Å²) >= 11 is 6.00. The molecule has 1 aromatic rings. The molecule has 0 radical (unpaired) electrons. The monoisotopic (exact) mass is 312 g/mol. The first-order valence-electron chi connectivity index (χ1n) is 6.52. The molecule has 0 aliphatic carbocycles. The fraction of sp³-hybridized carbons (Fsp3) is 0.429. The molecule has 1 aromatic carbocycles. The van der Waals surface area contributed by atoms with Gasteiger partial charge < -0.3 is 20.5 Å². The zero-order valence-corrected chi connectivity index (χ0v) is 12.4. The number of carbonyl (C=O) groups is 2. The molecule has 3 N–H and O–H groups in total. The van der Waals surface area contributed by atoms with Gasteiger partial charge in [-0.3, -0.25) is 4.79 Å². The number of carbonyl (C=O) groups excluding carboxylic acids is 2. The van der Waals surface area contributed by atoms with E-state index in [1.54, 1.807) is 6.07 Å². The minimum absolute atomic E-state index is 0.206. The van der Waals surface area contributed by atoms with Crippen molar-refractivity contribution in [1.82, 2.24) is 0 Å². The lowest BCUT2D eigenvalue weighted by Crippen LogP contribution is -2.54. The molecule has 6 nitrogen and oxygen atoms in total. The molecule has 114 valence electrons. The summed E-state index contributed by atoms with van der Waals surface area (Å²) in [5, 5.41) is 2.93. The number of hydrogen-bond acceptors (Lipinski definition) is 5. The second-order valence-corrected chi connectivity index (χ2v) is 5.32. The third-order valence-electron chi connectivity index (χ3n) is 3.47. The molecule has 1 aliphatic rings. The van der Waals surface area contributed by atoms with E-state index in [0.717, 1.165) is 0 Å². The van der Waals surface area contributed by atoms with Crippen LogP contribution in [-0.4, -0.2) is 37.7 Å². The summed E-state index contributed by atoms with van der Waals surface area (Å²) in [5.74, 6) is -0.815. The quantitative estimate of drug-likeness (QED) is 0.827. The summed E-state index contributed by atoms with van der Waals surface area (Å²) in [6.45, 7) is 0.928. The highest BCUT2D eigenvalue weighted by molar-refractivity contribution is 6.34. The van der Waals surface area contributed by atoms with Crippen molar-refractivity contribution < 1.29 is 19.1 Å². The average Bonchev–Trinajstić information content (AvgIpc) is 2.47. The van der Waals surface area contributed by atoms with Crippen molar-refractivity contribution in [1.29, 1.82) is 0 Å². The van der Waals surface area contributed by atoms with Gasteiger partial charge in [0, 0.05) is 18.9 Å². The number of methoxy groups -OCH3 is 1. The largest absolute Gasteiger partial charge is 0.465 e. The molecule has 1 fully saturated rings. The smallest absolute Gasteiger partial charge is 0.339 e. The molecule has 0 spiro atoms. The molecule has 0 unspecified atom stereocenters. The number of hydrogen-bond donors (Lipinski definition) is 2. The molecule has 7 heteroatoms. The van der Waals surface area contributed by atoms with Crippen LogP contribution in [0.1, 0.15) is 23.2 Å². The Bertz CT molecular complexity index is 556. The lowest BCUT2D eigenvalue weighted by atomic mass is 9.90. The van der Waals surface area contributed by atoms with Crippen molar-refractivity contribution in [3.05, 3.63) is 28.8 Å².